The molecule has 1 aliphatic carbocycles. The van der Waals surface area contributed by atoms with Crippen LogP contribution < -0.4 is 21.1 Å². The normalized spacial score (nSPS) is 23.0. The van der Waals surface area contributed by atoms with Gasteiger partial charge in [0.2, 0.25) is 10.0 Å². The Balaban J connectivity index is 1.18. The van der Waals surface area contributed by atoms with Gasteiger partial charge in [0, 0.05) is 25.3 Å². The van der Waals surface area contributed by atoms with Crippen molar-refractivity contribution in [2.24, 2.45) is 12.0 Å². The largest absolute Gasteiger partial charge is 0.383 e. The Hall–Kier alpha value is -3.21. The summed E-state index contributed by atoms with van der Waals surface area (Å²) < 4.78 is 30.5. The van der Waals surface area contributed by atoms with Crippen molar-refractivity contribution in [1.82, 2.24) is 25.1 Å². The van der Waals surface area contributed by atoms with Crippen molar-refractivity contribution in [1.29, 1.82) is 0 Å². The molecule has 178 valence electrons. The summed E-state index contributed by atoms with van der Waals surface area (Å²) in [6.45, 7) is 0. The molecule has 2 aromatic carbocycles. The lowest BCUT2D eigenvalue weighted by Crippen LogP contribution is -2.49. The average molecular weight is 480 g/mol. The number of anilines is 1. The zero-order valence-electron chi connectivity index (χ0n) is 19.0. The molecule has 0 saturated heterocycles. The van der Waals surface area contributed by atoms with E-state index in [9.17, 15) is 8.42 Å². The molecule has 34 heavy (non-hydrogen) atoms. The second-order valence-corrected chi connectivity index (χ2v) is 10.5. The number of nitrogens with one attached hydrogen (secondary N) is 3. The van der Waals surface area contributed by atoms with Gasteiger partial charge in [0.15, 0.2) is 6.29 Å². The molecule has 0 amide bonds. The van der Waals surface area contributed by atoms with Gasteiger partial charge in [-0.15, -0.1) is 0 Å². The number of allylic oxidation sites excluding steroid dienone is 1. The third-order valence-corrected chi connectivity index (χ3v) is 8.02. The van der Waals surface area contributed by atoms with Crippen LogP contribution in [0.15, 0.2) is 70.8 Å². The first-order valence-electron chi connectivity index (χ1n) is 11.4. The minimum absolute atomic E-state index is 0.0806. The van der Waals surface area contributed by atoms with Crippen molar-refractivity contribution in [3.63, 3.8) is 0 Å². The Bertz CT molecular complexity index is 1350. The summed E-state index contributed by atoms with van der Waals surface area (Å²) in [6, 6.07) is 13.2. The third kappa shape index (κ3) is 4.70. The molecule has 1 saturated carbocycles. The standard InChI is InChI=1S/C24H29N7O2S/c1-31-23(25)21(15-27-31)22-12-13-26-24(29-22)28-18-7-9-19(10-8-18)30-34(32,33)20-11-6-16-4-2-3-5-17(16)14-20/h2-6,11-15,18-19,24,26,28,30H,7-10,25H2,1H3/t18-,19-,24?. The van der Waals surface area contributed by atoms with E-state index in [0.29, 0.717) is 10.7 Å². The van der Waals surface area contributed by atoms with Crippen LogP contribution in [0.1, 0.15) is 31.2 Å². The second kappa shape index (κ2) is 9.21. The number of fused-ring (bicyclic) bond motifs is 1. The molecule has 2 aliphatic rings. The van der Waals surface area contributed by atoms with Crippen LogP contribution in [0.4, 0.5) is 5.82 Å². The highest BCUT2D eigenvalue weighted by Gasteiger charge is 2.27. The van der Waals surface area contributed by atoms with Gasteiger partial charge in [-0.25, -0.2) is 18.1 Å². The summed E-state index contributed by atoms with van der Waals surface area (Å²) in [5.41, 5.74) is 7.67. The molecule has 3 aromatic rings. The molecule has 1 aromatic heterocycles. The van der Waals surface area contributed by atoms with Crippen LogP contribution in [0.5, 0.6) is 0 Å². The molecule has 2 heterocycles. The van der Waals surface area contributed by atoms with E-state index >= 15 is 0 Å². The molecule has 0 spiro atoms. The number of hydrogen-bond donors (Lipinski definition) is 4. The van der Waals surface area contributed by atoms with Gasteiger partial charge in [-0.3, -0.25) is 10.00 Å². The molecule has 0 bridgehead atoms. The molecular formula is C24H29N7O2S. The minimum atomic E-state index is -3.57. The van der Waals surface area contributed by atoms with Crippen LogP contribution in [0.3, 0.4) is 0 Å². The van der Waals surface area contributed by atoms with Crippen LogP contribution in [-0.2, 0) is 17.1 Å². The molecule has 5 rings (SSSR count). The summed E-state index contributed by atoms with van der Waals surface area (Å²) in [7, 11) is -1.77. The highest BCUT2D eigenvalue weighted by molar-refractivity contribution is 7.89. The first-order chi connectivity index (χ1) is 16.4. The zero-order valence-corrected chi connectivity index (χ0v) is 19.8. The molecule has 10 heteroatoms. The first kappa shape index (κ1) is 22.6. The molecule has 1 atom stereocenters. The summed E-state index contributed by atoms with van der Waals surface area (Å²) in [5.74, 6) is 0.572. The van der Waals surface area contributed by atoms with Crippen molar-refractivity contribution in [3.05, 3.63) is 66.5 Å². The molecule has 0 radical (unpaired) electrons. The number of aliphatic imine (C=N–C) groups is 1. The number of nitrogen functional groups attached to an aromatic ring is 1. The van der Waals surface area contributed by atoms with Crippen molar-refractivity contribution in [2.75, 3.05) is 5.73 Å². The molecule has 5 N–H and O–H groups in total. The lowest BCUT2D eigenvalue weighted by atomic mass is 9.92. The Labute approximate surface area is 199 Å². The molecular weight excluding hydrogens is 450 g/mol. The summed E-state index contributed by atoms with van der Waals surface area (Å²) in [5, 5.41) is 12.9. The predicted octanol–water partition coefficient (Wildman–Crippen LogP) is 2.22. The van der Waals surface area contributed by atoms with Crippen molar-refractivity contribution in [3.8, 4) is 0 Å². The van der Waals surface area contributed by atoms with Gasteiger partial charge in [-0.1, -0.05) is 30.3 Å². The van der Waals surface area contributed by atoms with Gasteiger partial charge in [0.25, 0.3) is 0 Å². The first-order valence-corrected chi connectivity index (χ1v) is 12.9. The van der Waals surface area contributed by atoms with Gasteiger partial charge in [0.05, 0.1) is 22.4 Å². The van der Waals surface area contributed by atoms with Crippen LogP contribution in [0, 0.1) is 0 Å². The van der Waals surface area contributed by atoms with Gasteiger partial charge in [0.1, 0.15) is 5.82 Å². The Morgan fingerprint density at radius 3 is 2.53 bits per heavy atom. The summed E-state index contributed by atoms with van der Waals surface area (Å²) >= 11 is 0. The van der Waals surface area contributed by atoms with Crippen LogP contribution in [0.25, 0.3) is 10.8 Å². The van der Waals surface area contributed by atoms with Crippen molar-refractivity contribution in [2.45, 2.75) is 49.0 Å². The highest BCUT2D eigenvalue weighted by atomic mass is 32.2. The topological polar surface area (TPSA) is 126 Å². The number of nitrogens with zero attached hydrogens (tertiary/aromatic N) is 3. The van der Waals surface area contributed by atoms with Crippen molar-refractivity contribution >= 4 is 32.3 Å². The van der Waals surface area contributed by atoms with Gasteiger partial charge in [-0.2, -0.15) is 5.10 Å². The third-order valence-electron chi connectivity index (χ3n) is 6.50. The van der Waals surface area contributed by atoms with E-state index in [1.165, 1.54) is 0 Å². The van der Waals surface area contributed by atoms with E-state index in [1.807, 2.05) is 42.6 Å². The molecule has 1 fully saturated rings. The van der Waals surface area contributed by atoms with Gasteiger partial charge in [-0.05, 0) is 54.7 Å². The fraction of sp³-hybridized carbons (Fsp3) is 0.333. The van der Waals surface area contributed by atoms with E-state index in [0.717, 1.165) is 47.7 Å². The quantitative estimate of drug-likeness (QED) is 0.429. The second-order valence-electron chi connectivity index (χ2n) is 8.83. The number of aryl methyl sites for hydroxylation is 1. The maximum Gasteiger partial charge on any atom is 0.240 e. The number of nitrogens with two attached hydrogens (primary N) is 1. The smallest absolute Gasteiger partial charge is 0.240 e. The maximum atomic E-state index is 13.0. The maximum absolute atomic E-state index is 13.0. The average Bonchev–Trinajstić information content (AvgIpc) is 3.18. The Kier molecular flexibility index (Phi) is 6.11. The molecule has 1 unspecified atom stereocenters. The molecule has 9 nitrogen and oxygen atoms in total. The van der Waals surface area contributed by atoms with E-state index < -0.39 is 10.0 Å². The number of benzene rings is 2. The van der Waals surface area contributed by atoms with Crippen LogP contribution in [-0.4, -0.2) is 42.3 Å². The summed E-state index contributed by atoms with van der Waals surface area (Å²) in [6.07, 6.45) is 8.42. The number of aromatic nitrogens is 2. The Morgan fingerprint density at radius 1 is 1.06 bits per heavy atom. The Morgan fingerprint density at radius 2 is 1.79 bits per heavy atom. The van der Waals surface area contributed by atoms with E-state index in [1.54, 1.807) is 30.1 Å². The van der Waals surface area contributed by atoms with Crippen molar-refractivity contribution < 1.29 is 8.42 Å². The van der Waals surface area contributed by atoms with Crippen LogP contribution in [0.2, 0.25) is 0 Å². The van der Waals surface area contributed by atoms with E-state index in [-0.39, 0.29) is 18.4 Å². The highest BCUT2D eigenvalue weighted by Crippen LogP contribution is 2.24. The fourth-order valence-corrected chi connectivity index (χ4v) is 5.89. The predicted molar refractivity (Wildman–Crippen MR) is 134 cm³/mol. The minimum Gasteiger partial charge on any atom is -0.383 e. The molecule has 1 aliphatic heterocycles. The van der Waals surface area contributed by atoms with E-state index in [4.69, 9.17) is 10.7 Å². The van der Waals surface area contributed by atoms with E-state index in [2.05, 4.69) is 20.5 Å². The number of rotatable bonds is 6. The zero-order chi connectivity index (χ0) is 23.7. The van der Waals surface area contributed by atoms with Gasteiger partial charge >= 0.3 is 0 Å². The monoisotopic (exact) mass is 479 g/mol. The van der Waals surface area contributed by atoms with Crippen LogP contribution >= 0.6 is 0 Å². The SMILES string of the molecule is Cn1ncc(C2=NC(N[C@H]3CC[C@H](NS(=O)(=O)c4ccc5ccccc5c4)CC3)NC=C2)c1N. The lowest BCUT2D eigenvalue weighted by molar-refractivity contribution is 0.297. The van der Waals surface area contributed by atoms with Gasteiger partial charge < -0.3 is 11.1 Å². The summed E-state index contributed by atoms with van der Waals surface area (Å²) in [4.78, 5) is 5.03. The number of sulfonamides is 1. The fourth-order valence-electron chi connectivity index (χ4n) is 4.55. The lowest BCUT2D eigenvalue weighted by Gasteiger charge is -2.32. The number of hydrogen-bond acceptors (Lipinski definition) is 7.